The summed E-state index contributed by atoms with van der Waals surface area (Å²) < 4.78 is 45.3. The first kappa shape index (κ1) is 23.7. The summed E-state index contributed by atoms with van der Waals surface area (Å²) in [6.07, 6.45) is 1.78. The van der Waals surface area contributed by atoms with Crippen LogP contribution in [-0.4, -0.2) is 46.3 Å². The van der Waals surface area contributed by atoms with Gasteiger partial charge >= 0.3 is 6.18 Å². The molecule has 2 aliphatic rings. The minimum absolute atomic E-state index is 0.0370. The van der Waals surface area contributed by atoms with Crippen LogP contribution in [0.3, 0.4) is 0 Å². The molecule has 0 radical (unpaired) electrons. The number of hydrogen-bond donors (Lipinski definition) is 1. The lowest BCUT2D eigenvalue weighted by Crippen LogP contribution is -2.47. The lowest BCUT2D eigenvalue weighted by molar-refractivity contribution is -0.258. The van der Waals surface area contributed by atoms with Crippen LogP contribution in [0.5, 0.6) is 0 Å². The Labute approximate surface area is 191 Å². The van der Waals surface area contributed by atoms with Crippen LogP contribution in [-0.2, 0) is 15.9 Å². The molecule has 0 spiro atoms. The second kappa shape index (κ2) is 8.72. The molecule has 0 unspecified atom stereocenters. The second-order valence-electron chi connectivity index (χ2n) is 9.24. The van der Waals surface area contributed by atoms with Gasteiger partial charge in [-0.3, -0.25) is 9.78 Å². The van der Waals surface area contributed by atoms with Gasteiger partial charge in [-0.15, -0.1) is 0 Å². The van der Waals surface area contributed by atoms with Crippen molar-refractivity contribution < 1.29 is 27.8 Å². The molecule has 5 nitrogen and oxygen atoms in total. The molecule has 2 saturated carbocycles. The summed E-state index contributed by atoms with van der Waals surface area (Å²) in [5.41, 5.74) is -2.51. The van der Waals surface area contributed by atoms with E-state index >= 15 is 0 Å². The Balaban J connectivity index is 1.50. The van der Waals surface area contributed by atoms with Crippen LogP contribution in [0.25, 0.3) is 0 Å². The fraction of sp³-hybridized carbons (Fsp3) is 0.520. The zero-order valence-corrected chi connectivity index (χ0v) is 18.8. The normalized spacial score (nSPS) is 25.3. The van der Waals surface area contributed by atoms with Crippen molar-refractivity contribution in [2.45, 2.75) is 74.9 Å². The quantitative estimate of drug-likeness (QED) is 0.661. The van der Waals surface area contributed by atoms with Gasteiger partial charge in [-0.1, -0.05) is 18.2 Å². The molecule has 8 heteroatoms. The number of nitrogens with zero attached hydrogens (tertiary/aromatic N) is 2. The maximum absolute atomic E-state index is 13.4. The van der Waals surface area contributed by atoms with E-state index in [-0.39, 0.29) is 23.6 Å². The molecule has 0 aliphatic heterocycles. The molecule has 1 aromatic heterocycles. The largest absolute Gasteiger partial charge is 0.421 e. The van der Waals surface area contributed by atoms with Gasteiger partial charge in [0.25, 0.3) is 5.91 Å². The third kappa shape index (κ3) is 4.51. The minimum atomic E-state index is -4.80. The van der Waals surface area contributed by atoms with E-state index in [9.17, 15) is 23.1 Å². The highest BCUT2D eigenvalue weighted by Crippen LogP contribution is 2.43. The zero-order chi connectivity index (χ0) is 23.9. The molecule has 1 amide bonds. The molecule has 0 saturated heterocycles. The van der Waals surface area contributed by atoms with Crippen molar-refractivity contribution in [2.24, 2.45) is 0 Å². The second-order valence-corrected chi connectivity index (χ2v) is 9.24. The number of ether oxygens (including phenoxy) is 1. The Morgan fingerprint density at radius 3 is 2.15 bits per heavy atom. The molecule has 33 heavy (non-hydrogen) atoms. The van der Waals surface area contributed by atoms with E-state index in [0.29, 0.717) is 12.5 Å². The molecule has 4 rings (SSSR count). The Hall–Kier alpha value is -2.45. The Morgan fingerprint density at radius 1 is 1.06 bits per heavy atom. The highest BCUT2D eigenvalue weighted by molar-refractivity contribution is 5.95. The topological polar surface area (TPSA) is 62.7 Å². The SMILES string of the molecule is CO[C@]1(c2ccccn2)CC[C@H](N(C(=O)c2ccc([C@](C)(O)C(F)(F)F)cc2)C2CC2)CC1. The van der Waals surface area contributed by atoms with Gasteiger partial charge in [0, 0.05) is 31.0 Å². The molecular weight excluding hydrogens is 433 g/mol. The van der Waals surface area contributed by atoms with Crippen molar-refractivity contribution in [1.29, 1.82) is 0 Å². The lowest BCUT2D eigenvalue weighted by Gasteiger charge is -2.42. The number of methoxy groups -OCH3 is 1. The van der Waals surface area contributed by atoms with Gasteiger partial charge in [-0.05, 0) is 75.3 Å². The molecule has 178 valence electrons. The van der Waals surface area contributed by atoms with Gasteiger partial charge in [0.2, 0.25) is 0 Å². The summed E-state index contributed by atoms with van der Waals surface area (Å²) in [4.78, 5) is 19.8. The van der Waals surface area contributed by atoms with E-state index in [4.69, 9.17) is 4.74 Å². The number of hydrogen-bond acceptors (Lipinski definition) is 4. The number of carbonyl (C=O) groups is 1. The van der Waals surface area contributed by atoms with Crippen LogP contribution in [0, 0.1) is 0 Å². The molecule has 2 aliphatic carbocycles. The molecule has 2 aromatic rings. The molecule has 1 heterocycles. The van der Waals surface area contributed by atoms with Gasteiger partial charge in [-0.2, -0.15) is 13.2 Å². The Bertz CT molecular complexity index is 965. The van der Waals surface area contributed by atoms with Gasteiger partial charge in [-0.25, -0.2) is 0 Å². The smallest absolute Gasteiger partial charge is 0.376 e. The van der Waals surface area contributed by atoms with Crippen LogP contribution in [0.1, 0.15) is 67.1 Å². The molecule has 2 fully saturated rings. The average Bonchev–Trinajstić information content (AvgIpc) is 3.65. The first-order chi connectivity index (χ1) is 15.6. The number of rotatable bonds is 6. The number of aromatic nitrogens is 1. The summed E-state index contributed by atoms with van der Waals surface area (Å²) >= 11 is 0. The maximum Gasteiger partial charge on any atom is 0.421 e. The van der Waals surface area contributed by atoms with Crippen molar-refractivity contribution in [2.75, 3.05) is 7.11 Å². The van der Waals surface area contributed by atoms with Crippen LogP contribution in [0.4, 0.5) is 13.2 Å². The van der Waals surface area contributed by atoms with E-state index in [1.807, 2.05) is 23.1 Å². The lowest BCUT2D eigenvalue weighted by atomic mass is 9.79. The van der Waals surface area contributed by atoms with Crippen molar-refractivity contribution >= 4 is 5.91 Å². The van der Waals surface area contributed by atoms with Crippen molar-refractivity contribution in [3.8, 4) is 0 Å². The summed E-state index contributed by atoms with van der Waals surface area (Å²) in [5, 5.41) is 9.89. The number of amides is 1. The molecule has 1 atom stereocenters. The van der Waals surface area contributed by atoms with Crippen LogP contribution < -0.4 is 0 Å². The predicted octanol–water partition coefficient (Wildman–Crippen LogP) is 4.94. The number of halogens is 3. The summed E-state index contributed by atoms with van der Waals surface area (Å²) in [7, 11) is 1.69. The number of alkyl halides is 3. The van der Waals surface area contributed by atoms with E-state index < -0.39 is 17.4 Å². The van der Waals surface area contributed by atoms with Gasteiger partial charge < -0.3 is 14.7 Å². The van der Waals surface area contributed by atoms with Crippen LogP contribution in [0.2, 0.25) is 0 Å². The van der Waals surface area contributed by atoms with Crippen molar-refractivity contribution in [3.05, 3.63) is 65.5 Å². The number of aliphatic hydroxyl groups is 1. The van der Waals surface area contributed by atoms with Gasteiger partial charge in [0.15, 0.2) is 5.60 Å². The van der Waals surface area contributed by atoms with E-state index in [1.54, 1.807) is 13.3 Å². The van der Waals surface area contributed by atoms with Gasteiger partial charge in [0.05, 0.1) is 5.69 Å². The minimum Gasteiger partial charge on any atom is -0.376 e. The standard InChI is InChI=1S/C25H29F3N2O3/c1-23(32,25(26,27)28)18-8-6-17(7-9-18)22(31)30(19-10-11-19)20-12-14-24(33-2,15-13-20)21-5-3-4-16-29-21/h3-9,16,19-20,32H,10-15H2,1-2H3/t20-,23-,24+/m0/s1. The summed E-state index contributed by atoms with van der Waals surface area (Å²) in [5.74, 6) is -0.177. The Morgan fingerprint density at radius 2 is 1.67 bits per heavy atom. The third-order valence-electron chi connectivity index (χ3n) is 7.10. The van der Waals surface area contributed by atoms with E-state index in [0.717, 1.165) is 44.2 Å². The molecule has 1 N–H and O–H groups in total. The predicted molar refractivity (Wildman–Crippen MR) is 116 cm³/mol. The average molecular weight is 463 g/mol. The monoisotopic (exact) mass is 462 g/mol. The van der Waals surface area contributed by atoms with E-state index in [2.05, 4.69) is 4.98 Å². The summed E-state index contributed by atoms with van der Waals surface area (Å²) in [6.45, 7) is 0.714. The maximum atomic E-state index is 13.4. The van der Waals surface area contributed by atoms with Crippen molar-refractivity contribution in [3.63, 3.8) is 0 Å². The fourth-order valence-electron chi connectivity index (χ4n) is 4.78. The molecule has 0 bridgehead atoms. The van der Waals surface area contributed by atoms with Crippen LogP contribution >= 0.6 is 0 Å². The highest BCUT2D eigenvalue weighted by atomic mass is 19.4. The molecule has 1 aromatic carbocycles. The first-order valence-corrected chi connectivity index (χ1v) is 11.3. The number of carbonyl (C=O) groups excluding carboxylic acids is 1. The first-order valence-electron chi connectivity index (χ1n) is 11.3. The summed E-state index contributed by atoms with van der Waals surface area (Å²) in [6, 6.07) is 11.1. The third-order valence-corrected chi connectivity index (χ3v) is 7.10. The van der Waals surface area contributed by atoms with Crippen LogP contribution in [0.15, 0.2) is 48.7 Å². The molecular formula is C25H29F3N2O3. The Kier molecular flexibility index (Phi) is 6.26. The number of pyridine rings is 1. The van der Waals surface area contributed by atoms with E-state index in [1.165, 1.54) is 24.3 Å². The van der Waals surface area contributed by atoms with Gasteiger partial charge in [0.1, 0.15) is 5.60 Å². The highest BCUT2D eigenvalue weighted by Gasteiger charge is 2.51. The van der Waals surface area contributed by atoms with Crippen molar-refractivity contribution in [1.82, 2.24) is 9.88 Å². The fourth-order valence-corrected chi connectivity index (χ4v) is 4.78. The zero-order valence-electron chi connectivity index (χ0n) is 18.8. The number of benzene rings is 1.